The van der Waals surface area contributed by atoms with E-state index in [0.717, 1.165) is 22.4 Å². The quantitative estimate of drug-likeness (QED) is 0.798. The molecule has 0 aliphatic carbocycles. The first-order valence-corrected chi connectivity index (χ1v) is 6.99. The Balaban J connectivity index is 2.15. The zero-order valence-electron chi connectivity index (χ0n) is 12.2. The minimum Gasteiger partial charge on any atom is -0.295 e. The first-order chi connectivity index (χ1) is 10.7. The summed E-state index contributed by atoms with van der Waals surface area (Å²) in [5.41, 5.74) is 3.75. The van der Waals surface area contributed by atoms with Gasteiger partial charge in [-0.05, 0) is 5.56 Å². The van der Waals surface area contributed by atoms with Crippen molar-refractivity contribution >= 4 is 11.9 Å². The van der Waals surface area contributed by atoms with E-state index in [1.807, 2.05) is 60.7 Å². The lowest BCUT2D eigenvalue weighted by Crippen LogP contribution is -2.10. The van der Waals surface area contributed by atoms with Gasteiger partial charge >= 0.3 is 0 Å². The Morgan fingerprint density at radius 3 is 2.09 bits per heavy atom. The molecule has 0 spiro atoms. The normalized spacial score (nSPS) is 10.2. The number of nitrogens with zero attached hydrogens (tertiary/aromatic N) is 2. The smallest absolute Gasteiger partial charge is 0.229 e. The fraction of sp³-hybridized carbons (Fsp3) is 0.0556. The molecule has 0 aliphatic heterocycles. The molecule has 1 N–H and O–H groups in total. The Kier molecular flexibility index (Phi) is 3.92. The van der Waals surface area contributed by atoms with E-state index in [9.17, 15) is 4.79 Å². The second kappa shape index (κ2) is 6.18. The number of hydrogen-bond donors (Lipinski definition) is 1. The molecule has 22 heavy (non-hydrogen) atoms. The molecule has 3 rings (SSSR count). The number of aromatic nitrogens is 2. The van der Waals surface area contributed by atoms with Crippen LogP contribution in [0.15, 0.2) is 66.9 Å². The highest BCUT2D eigenvalue weighted by Crippen LogP contribution is 2.30. The molecule has 1 heterocycles. The van der Waals surface area contributed by atoms with Crippen LogP contribution in [0.3, 0.4) is 0 Å². The molecule has 0 radical (unpaired) electrons. The number of amides is 1. The summed E-state index contributed by atoms with van der Waals surface area (Å²) in [7, 11) is 0. The van der Waals surface area contributed by atoms with Crippen LogP contribution in [0.5, 0.6) is 0 Å². The molecule has 0 bridgehead atoms. The second-order valence-electron chi connectivity index (χ2n) is 4.87. The van der Waals surface area contributed by atoms with Crippen molar-refractivity contribution in [3.05, 3.63) is 66.9 Å². The summed E-state index contributed by atoms with van der Waals surface area (Å²) in [6.45, 7) is 1.44. The summed E-state index contributed by atoms with van der Waals surface area (Å²) in [5.74, 6) is 0.123. The maximum Gasteiger partial charge on any atom is 0.229 e. The highest BCUT2D eigenvalue weighted by molar-refractivity contribution is 5.88. The minimum atomic E-state index is -0.188. The predicted octanol–water partition coefficient (Wildman–Crippen LogP) is 3.77. The van der Waals surface area contributed by atoms with Gasteiger partial charge in [0.1, 0.15) is 0 Å². The first kappa shape index (κ1) is 13.9. The summed E-state index contributed by atoms with van der Waals surface area (Å²) in [6, 6.07) is 19.8. The Morgan fingerprint density at radius 1 is 0.909 bits per heavy atom. The van der Waals surface area contributed by atoms with Gasteiger partial charge in [-0.25, -0.2) is 9.97 Å². The van der Waals surface area contributed by atoms with Gasteiger partial charge in [-0.3, -0.25) is 10.1 Å². The standard InChI is InChI=1S/C18H15N3O/c1-13(22)20-18-19-12-16(14-8-4-2-5-9-14)17(21-18)15-10-6-3-7-11-15/h2-12H,1H3,(H,19,20,21,22). The molecular formula is C18H15N3O. The summed E-state index contributed by atoms with van der Waals surface area (Å²) in [4.78, 5) is 20.0. The first-order valence-electron chi connectivity index (χ1n) is 6.99. The molecule has 0 aliphatic rings. The van der Waals surface area contributed by atoms with Crippen molar-refractivity contribution in [2.75, 3.05) is 5.32 Å². The van der Waals surface area contributed by atoms with Crippen molar-refractivity contribution in [3.63, 3.8) is 0 Å². The highest BCUT2D eigenvalue weighted by Gasteiger charge is 2.11. The van der Waals surface area contributed by atoms with E-state index in [-0.39, 0.29) is 5.91 Å². The van der Waals surface area contributed by atoms with Crippen molar-refractivity contribution < 1.29 is 4.79 Å². The average Bonchev–Trinajstić information content (AvgIpc) is 2.56. The topological polar surface area (TPSA) is 54.9 Å². The van der Waals surface area contributed by atoms with Crippen molar-refractivity contribution in [2.45, 2.75) is 6.92 Å². The fourth-order valence-electron chi connectivity index (χ4n) is 2.24. The molecular weight excluding hydrogens is 274 g/mol. The van der Waals surface area contributed by atoms with E-state index in [2.05, 4.69) is 15.3 Å². The van der Waals surface area contributed by atoms with E-state index in [4.69, 9.17) is 0 Å². The Morgan fingerprint density at radius 2 is 1.50 bits per heavy atom. The SMILES string of the molecule is CC(=O)Nc1ncc(-c2ccccc2)c(-c2ccccc2)n1. The van der Waals surface area contributed by atoms with Gasteiger partial charge in [-0.2, -0.15) is 0 Å². The number of carbonyl (C=O) groups excluding carboxylic acids is 1. The van der Waals surface area contributed by atoms with Gasteiger partial charge in [0, 0.05) is 24.2 Å². The molecule has 2 aromatic carbocycles. The molecule has 0 unspecified atom stereocenters. The van der Waals surface area contributed by atoms with Crippen molar-refractivity contribution in [2.24, 2.45) is 0 Å². The van der Waals surface area contributed by atoms with Crippen molar-refractivity contribution in [1.82, 2.24) is 9.97 Å². The van der Waals surface area contributed by atoms with Gasteiger partial charge in [0.25, 0.3) is 0 Å². The minimum absolute atomic E-state index is 0.188. The molecule has 4 nitrogen and oxygen atoms in total. The van der Waals surface area contributed by atoms with E-state index in [1.54, 1.807) is 6.20 Å². The fourth-order valence-corrected chi connectivity index (χ4v) is 2.24. The summed E-state index contributed by atoms with van der Waals surface area (Å²) >= 11 is 0. The van der Waals surface area contributed by atoms with Crippen LogP contribution in [0.1, 0.15) is 6.92 Å². The zero-order chi connectivity index (χ0) is 15.4. The largest absolute Gasteiger partial charge is 0.295 e. The van der Waals surface area contributed by atoms with Gasteiger partial charge in [-0.1, -0.05) is 60.7 Å². The Bertz CT molecular complexity index is 786. The van der Waals surface area contributed by atoms with Gasteiger partial charge < -0.3 is 0 Å². The van der Waals surface area contributed by atoms with Crippen LogP contribution in [0.25, 0.3) is 22.4 Å². The van der Waals surface area contributed by atoms with E-state index < -0.39 is 0 Å². The molecule has 3 aromatic rings. The molecule has 0 fully saturated rings. The molecule has 1 aromatic heterocycles. The lowest BCUT2D eigenvalue weighted by molar-refractivity contribution is -0.114. The molecule has 0 saturated carbocycles. The van der Waals surface area contributed by atoms with E-state index in [1.165, 1.54) is 6.92 Å². The number of rotatable bonds is 3. The van der Waals surface area contributed by atoms with Gasteiger partial charge in [0.05, 0.1) is 5.69 Å². The van der Waals surface area contributed by atoms with Crippen LogP contribution >= 0.6 is 0 Å². The maximum atomic E-state index is 11.2. The number of carbonyl (C=O) groups is 1. The second-order valence-corrected chi connectivity index (χ2v) is 4.87. The maximum absolute atomic E-state index is 11.2. The third kappa shape index (κ3) is 3.01. The third-order valence-electron chi connectivity index (χ3n) is 3.21. The lowest BCUT2D eigenvalue weighted by Gasteiger charge is -2.10. The monoisotopic (exact) mass is 289 g/mol. The van der Waals surface area contributed by atoms with Crippen LogP contribution in [0.4, 0.5) is 5.95 Å². The average molecular weight is 289 g/mol. The van der Waals surface area contributed by atoms with E-state index >= 15 is 0 Å². The molecule has 108 valence electrons. The van der Waals surface area contributed by atoms with Crippen LogP contribution in [0, 0.1) is 0 Å². The van der Waals surface area contributed by atoms with Crippen molar-refractivity contribution in [3.8, 4) is 22.4 Å². The number of anilines is 1. The highest BCUT2D eigenvalue weighted by atomic mass is 16.1. The molecule has 1 amide bonds. The van der Waals surface area contributed by atoms with Gasteiger partial charge in [0.2, 0.25) is 11.9 Å². The Labute approximate surface area is 128 Å². The lowest BCUT2D eigenvalue weighted by atomic mass is 10.0. The molecule has 0 atom stereocenters. The summed E-state index contributed by atoms with van der Waals surface area (Å²) < 4.78 is 0. The van der Waals surface area contributed by atoms with Gasteiger partial charge in [0.15, 0.2) is 0 Å². The summed E-state index contributed by atoms with van der Waals surface area (Å²) in [6.07, 6.45) is 1.75. The van der Waals surface area contributed by atoms with Gasteiger partial charge in [-0.15, -0.1) is 0 Å². The van der Waals surface area contributed by atoms with Crippen molar-refractivity contribution in [1.29, 1.82) is 0 Å². The summed E-state index contributed by atoms with van der Waals surface area (Å²) in [5, 5.41) is 2.63. The van der Waals surface area contributed by atoms with Crippen LogP contribution in [-0.4, -0.2) is 15.9 Å². The Hall–Kier alpha value is -3.01. The van der Waals surface area contributed by atoms with Crippen LogP contribution < -0.4 is 5.32 Å². The van der Waals surface area contributed by atoms with Crippen LogP contribution in [-0.2, 0) is 4.79 Å². The van der Waals surface area contributed by atoms with E-state index in [0.29, 0.717) is 5.95 Å². The predicted molar refractivity (Wildman–Crippen MR) is 87.2 cm³/mol. The van der Waals surface area contributed by atoms with Crippen LogP contribution in [0.2, 0.25) is 0 Å². The molecule has 4 heteroatoms. The number of nitrogens with one attached hydrogen (secondary N) is 1. The molecule has 0 saturated heterocycles. The third-order valence-corrected chi connectivity index (χ3v) is 3.21. The number of hydrogen-bond acceptors (Lipinski definition) is 3. The number of benzene rings is 2. The zero-order valence-corrected chi connectivity index (χ0v) is 12.2.